The predicted octanol–water partition coefficient (Wildman–Crippen LogP) is -0.0942. The van der Waals surface area contributed by atoms with E-state index < -0.39 is 21.3 Å². The van der Waals surface area contributed by atoms with E-state index in [0.29, 0.717) is 32.4 Å². The Morgan fingerprint density at radius 3 is 2.76 bits per heavy atom. The Bertz CT molecular complexity index is 647. The van der Waals surface area contributed by atoms with Gasteiger partial charge in [0, 0.05) is 31.8 Å². The van der Waals surface area contributed by atoms with Crippen molar-refractivity contribution in [1.29, 1.82) is 0 Å². The molecule has 3 atom stereocenters. The number of ether oxygens (including phenoxy) is 1. The molecule has 1 saturated carbocycles. The van der Waals surface area contributed by atoms with Gasteiger partial charge in [-0.2, -0.15) is 0 Å². The third-order valence-electron chi connectivity index (χ3n) is 4.51. The van der Waals surface area contributed by atoms with Crippen molar-refractivity contribution in [3.63, 3.8) is 0 Å². The molecule has 1 aromatic rings. The van der Waals surface area contributed by atoms with Gasteiger partial charge >= 0.3 is 0 Å². The maximum absolute atomic E-state index is 12.4. The SMILES string of the molecule is CO[C@@H]1CC[C@H](C(=O)NCCn2ccnn2)C[C@H]1NS(=O)(=O)C(C)C. The van der Waals surface area contributed by atoms with Crippen LogP contribution in [-0.2, 0) is 26.1 Å². The second-order valence-electron chi connectivity index (χ2n) is 6.56. The van der Waals surface area contributed by atoms with Crippen molar-refractivity contribution < 1.29 is 17.9 Å². The first kappa shape index (κ1) is 19.8. The standard InChI is InChI=1S/C15H27N5O4S/c1-11(2)25(22,23)18-13-10-12(4-5-14(13)24-3)15(21)16-6-8-20-9-7-17-19-20/h7,9,11-14,18H,4-6,8,10H2,1-3H3,(H,16,21)/t12-,13+,14+/m0/s1. The average Bonchev–Trinajstić information content (AvgIpc) is 3.07. The van der Waals surface area contributed by atoms with E-state index in [2.05, 4.69) is 20.4 Å². The van der Waals surface area contributed by atoms with Crippen LogP contribution in [0.4, 0.5) is 0 Å². The highest BCUT2D eigenvalue weighted by molar-refractivity contribution is 7.90. The van der Waals surface area contributed by atoms with Crippen molar-refractivity contribution in [3.8, 4) is 0 Å². The highest BCUT2D eigenvalue weighted by Gasteiger charge is 2.36. The van der Waals surface area contributed by atoms with E-state index in [9.17, 15) is 13.2 Å². The van der Waals surface area contributed by atoms with E-state index in [1.54, 1.807) is 38.0 Å². The van der Waals surface area contributed by atoms with Gasteiger partial charge in [-0.25, -0.2) is 13.1 Å². The molecule has 1 amide bonds. The summed E-state index contributed by atoms with van der Waals surface area (Å²) in [5, 5.41) is 9.90. The number of rotatable bonds is 8. The summed E-state index contributed by atoms with van der Waals surface area (Å²) in [6, 6.07) is -0.391. The molecule has 1 heterocycles. The molecule has 9 nitrogen and oxygen atoms in total. The Labute approximate surface area is 148 Å². The van der Waals surface area contributed by atoms with Crippen LogP contribution in [0.2, 0.25) is 0 Å². The fraction of sp³-hybridized carbons (Fsp3) is 0.800. The Morgan fingerprint density at radius 1 is 1.40 bits per heavy atom. The van der Waals surface area contributed by atoms with E-state index in [4.69, 9.17) is 4.74 Å². The van der Waals surface area contributed by atoms with Crippen LogP contribution in [0.15, 0.2) is 12.4 Å². The van der Waals surface area contributed by atoms with Gasteiger partial charge in [0.1, 0.15) is 0 Å². The minimum atomic E-state index is -3.42. The lowest BCUT2D eigenvalue weighted by Crippen LogP contribution is -2.51. The Morgan fingerprint density at radius 2 is 2.16 bits per heavy atom. The molecule has 1 fully saturated rings. The van der Waals surface area contributed by atoms with E-state index in [0.717, 1.165) is 0 Å². The molecule has 0 aliphatic heterocycles. The molecule has 25 heavy (non-hydrogen) atoms. The molecule has 0 radical (unpaired) electrons. The number of amides is 1. The van der Waals surface area contributed by atoms with Crippen LogP contribution in [0.1, 0.15) is 33.1 Å². The molecule has 0 bridgehead atoms. The predicted molar refractivity (Wildman–Crippen MR) is 92.1 cm³/mol. The van der Waals surface area contributed by atoms with Crippen molar-refractivity contribution >= 4 is 15.9 Å². The molecule has 1 aliphatic carbocycles. The number of carbonyl (C=O) groups excluding carboxylic acids is 1. The highest BCUT2D eigenvalue weighted by Crippen LogP contribution is 2.27. The van der Waals surface area contributed by atoms with Gasteiger partial charge in [-0.05, 0) is 33.1 Å². The summed E-state index contributed by atoms with van der Waals surface area (Å²) in [5.41, 5.74) is 0. The molecule has 1 aromatic heterocycles. The van der Waals surface area contributed by atoms with Crippen molar-refractivity contribution in [2.75, 3.05) is 13.7 Å². The van der Waals surface area contributed by atoms with Gasteiger partial charge in [-0.1, -0.05) is 5.21 Å². The lowest BCUT2D eigenvalue weighted by atomic mass is 9.83. The van der Waals surface area contributed by atoms with Crippen LogP contribution >= 0.6 is 0 Å². The van der Waals surface area contributed by atoms with Gasteiger partial charge in [0.2, 0.25) is 15.9 Å². The van der Waals surface area contributed by atoms with Crippen LogP contribution < -0.4 is 10.0 Å². The third-order valence-corrected chi connectivity index (χ3v) is 6.38. The number of nitrogens with one attached hydrogen (secondary N) is 2. The summed E-state index contributed by atoms with van der Waals surface area (Å²) < 4.78 is 34.1. The van der Waals surface area contributed by atoms with E-state index in [1.165, 1.54) is 0 Å². The molecule has 0 saturated heterocycles. The molecule has 1 aliphatic rings. The second kappa shape index (κ2) is 8.72. The minimum Gasteiger partial charge on any atom is -0.380 e. The Balaban J connectivity index is 1.90. The molecule has 2 N–H and O–H groups in total. The molecule has 0 spiro atoms. The summed E-state index contributed by atoms with van der Waals surface area (Å²) >= 11 is 0. The van der Waals surface area contributed by atoms with Crippen molar-refractivity contribution in [1.82, 2.24) is 25.0 Å². The number of methoxy groups -OCH3 is 1. The van der Waals surface area contributed by atoms with Crippen molar-refractivity contribution in [2.45, 2.75) is 57.1 Å². The number of hydrogen-bond acceptors (Lipinski definition) is 6. The van der Waals surface area contributed by atoms with Gasteiger partial charge in [0.15, 0.2) is 0 Å². The molecular weight excluding hydrogens is 346 g/mol. The van der Waals surface area contributed by atoms with E-state index >= 15 is 0 Å². The molecule has 10 heteroatoms. The zero-order valence-electron chi connectivity index (χ0n) is 14.9. The second-order valence-corrected chi connectivity index (χ2v) is 8.83. The molecule has 2 rings (SSSR count). The van der Waals surface area contributed by atoms with Gasteiger partial charge in [-0.15, -0.1) is 5.10 Å². The monoisotopic (exact) mass is 373 g/mol. The zero-order chi connectivity index (χ0) is 18.4. The number of carbonyl (C=O) groups is 1. The van der Waals surface area contributed by atoms with E-state index in [-0.39, 0.29) is 17.9 Å². The van der Waals surface area contributed by atoms with E-state index in [1.807, 2.05) is 0 Å². The van der Waals surface area contributed by atoms with Crippen LogP contribution in [0.3, 0.4) is 0 Å². The lowest BCUT2D eigenvalue weighted by molar-refractivity contribution is -0.127. The first-order chi connectivity index (χ1) is 11.8. The summed E-state index contributed by atoms with van der Waals surface area (Å²) in [7, 11) is -1.85. The highest BCUT2D eigenvalue weighted by atomic mass is 32.2. The summed E-state index contributed by atoms with van der Waals surface area (Å²) in [5.74, 6) is -0.301. The summed E-state index contributed by atoms with van der Waals surface area (Å²) in [4.78, 5) is 12.4. The Kier molecular flexibility index (Phi) is 6.91. The number of nitrogens with zero attached hydrogens (tertiary/aromatic N) is 3. The maximum Gasteiger partial charge on any atom is 0.223 e. The fourth-order valence-corrected chi connectivity index (χ4v) is 3.87. The first-order valence-electron chi connectivity index (χ1n) is 8.49. The fourth-order valence-electron chi connectivity index (χ4n) is 2.92. The van der Waals surface area contributed by atoms with Crippen molar-refractivity contribution in [3.05, 3.63) is 12.4 Å². The zero-order valence-corrected chi connectivity index (χ0v) is 15.7. The first-order valence-corrected chi connectivity index (χ1v) is 10.0. The van der Waals surface area contributed by atoms with Gasteiger partial charge < -0.3 is 10.1 Å². The van der Waals surface area contributed by atoms with Gasteiger partial charge in [0.25, 0.3) is 0 Å². The molecular formula is C15H27N5O4S. The minimum absolute atomic E-state index is 0.0663. The smallest absolute Gasteiger partial charge is 0.223 e. The Hall–Kier alpha value is -1.52. The van der Waals surface area contributed by atoms with Gasteiger partial charge in [-0.3, -0.25) is 9.48 Å². The quantitative estimate of drug-likeness (QED) is 0.658. The van der Waals surface area contributed by atoms with Gasteiger partial charge in [0.05, 0.1) is 24.1 Å². The average molecular weight is 373 g/mol. The summed E-state index contributed by atoms with van der Waals surface area (Å²) in [6.07, 6.45) is 4.84. The van der Waals surface area contributed by atoms with Crippen molar-refractivity contribution in [2.24, 2.45) is 5.92 Å². The number of aromatic nitrogens is 3. The normalized spacial score (nSPS) is 24.4. The van der Waals surface area contributed by atoms with Crippen LogP contribution in [0.5, 0.6) is 0 Å². The van der Waals surface area contributed by atoms with Crippen LogP contribution in [-0.4, -0.2) is 60.4 Å². The number of hydrogen-bond donors (Lipinski definition) is 2. The topological polar surface area (TPSA) is 115 Å². The number of sulfonamides is 1. The maximum atomic E-state index is 12.4. The molecule has 0 unspecified atom stereocenters. The largest absolute Gasteiger partial charge is 0.380 e. The molecule has 142 valence electrons. The third kappa shape index (κ3) is 5.48. The van der Waals surface area contributed by atoms with Crippen LogP contribution in [0, 0.1) is 5.92 Å². The van der Waals surface area contributed by atoms with Crippen LogP contribution in [0.25, 0.3) is 0 Å². The molecule has 0 aromatic carbocycles. The lowest BCUT2D eigenvalue weighted by Gasteiger charge is -2.35. The summed E-state index contributed by atoms with van der Waals surface area (Å²) in [6.45, 7) is 4.25.